The van der Waals surface area contributed by atoms with Gasteiger partial charge in [-0.05, 0) is 44.2 Å². The van der Waals surface area contributed by atoms with Gasteiger partial charge in [0.15, 0.2) is 5.76 Å². The van der Waals surface area contributed by atoms with E-state index in [1.54, 1.807) is 24.3 Å². The molecule has 3 heterocycles. The van der Waals surface area contributed by atoms with E-state index in [0.717, 1.165) is 25.7 Å². The van der Waals surface area contributed by atoms with Crippen LogP contribution in [0.3, 0.4) is 0 Å². The number of fused-ring (bicyclic) bond motifs is 1. The summed E-state index contributed by atoms with van der Waals surface area (Å²) in [6.45, 7) is 4.08. The standard InChI is InChI=1S/C19H15ClN2O3S2/c1-3-24-17(23)9-13-18(15-6-7-16(20)27-15)25-19(22-13)11-4-5-14-12(8-11)21-10(2)26-14/h4-8H,3,9H2,1-2H3. The zero-order valence-corrected chi connectivity index (χ0v) is 17.0. The molecule has 8 heteroatoms. The summed E-state index contributed by atoms with van der Waals surface area (Å²) in [4.78, 5) is 21.9. The van der Waals surface area contributed by atoms with Gasteiger partial charge < -0.3 is 9.15 Å². The molecule has 0 unspecified atom stereocenters. The molecular formula is C19H15ClN2O3S2. The molecule has 0 spiro atoms. The van der Waals surface area contributed by atoms with E-state index < -0.39 is 0 Å². The maximum Gasteiger partial charge on any atom is 0.312 e. The summed E-state index contributed by atoms with van der Waals surface area (Å²) in [6, 6.07) is 9.56. The minimum atomic E-state index is -0.341. The van der Waals surface area contributed by atoms with Crippen molar-refractivity contribution >= 4 is 50.5 Å². The fourth-order valence-electron chi connectivity index (χ4n) is 2.75. The summed E-state index contributed by atoms with van der Waals surface area (Å²) < 4.78 is 12.9. The Labute approximate surface area is 168 Å². The summed E-state index contributed by atoms with van der Waals surface area (Å²) in [7, 11) is 0. The molecule has 3 aromatic heterocycles. The van der Waals surface area contributed by atoms with E-state index in [1.165, 1.54) is 11.3 Å². The Kier molecular flexibility index (Phi) is 4.99. The van der Waals surface area contributed by atoms with Gasteiger partial charge in [0, 0.05) is 5.56 Å². The lowest BCUT2D eigenvalue weighted by Crippen LogP contribution is -2.08. The maximum absolute atomic E-state index is 12.0. The molecule has 0 aliphatic heterocycles. The number of oxazole rings is 1. The van der Waals surface area contributed by atoms with Gasteiger partial charge in [0.2, 0.25) is 5.89 Å². The third-order valence-electron chi connectivity index (χ3n) is 3.85. The Morgan fingerprint density at radius 3 is 2.81 bits per heavy atom. The lowest BCUT2D eigenvalue weighted by atomic mass is 10.2. The van der Waals surface area contributed by atoms with E-state index in [2.05, 4.69) is 9.97 Å². The zero-order valence-electron chi connectivity index (χ0n) is 14.6. The highest BCUT2D eigenvalue weighted by atomic mass is 35.5. The number of ether oxygens (including phenoxy) is 1. The highest BCUT2D eigenvalue weighted by Gasteiger charge is 2.21. The summed E-state index contributed by atoms with van der Waals surface area (Å²) in [6.07, 6.45) is 0.0419. The monoisotopic (exact) mass is 418 g/mol. The number of hydrogen-bond donors (Lipinski definition) is 0. The molecule has 0 amide bonds. The van der Waals surface area contributed by atoms with Gasteiger partial charge in [0.1, 0.15) is 0 Å². The van der Waals surface area contributed by atoms with Gasteiger partial charge in [-0.15, -0.1) is 22.7 Å². The van der Waals surface area contributed by atoms with Crippen LogP contribution in [0.25, 0.3) is 32.3 Å². The summed E-state index contributed by atoms with van der Waals surface area (Å²) >= 11 is 9.09. The van der Waals surface area contributed by atoms with Crippen molar-refractivity contribution in [2.45, 2.75) is 20.3 Å². The predicted octanol–water partition coefficient (Wildman–Crippen LogP) is 5.75. The molecule has 0 atom stereocenters. The van der Waals surface area contributed by atoms with Crippen molar-refractivity contribution in [2.24, 2.45) is 0 Å². The molecule has 0 N–H and O–H groups in total. The number of aromatic nitrogens is 2. The molecule has 0 aliphatic carbocycles. The lowest BCUT2D eigenvalue weighted by Gasteiger charge is -2.00. The number of benzene rings is 1. The number of aryl methyl sites for hydroxylation is 1. The highest BCUT2D eigenvalue weighted by Crippen LogP contribution is 2.37. The second kappa shape index (κ2) is 7.42. The van der Waals surface area contributed by atoms with Crippen LogP contribution in [0.1, 0.15) is 17.6 Å². The van der Waals surface area contributed by atoms with Crippen molar-refractivity contribution in [1.29, 1.82) is 0 Å². The largest absolute Gasteiger partial charge is 0.466 e. The smallest absolute Gasteiger partial charge is 0.312 e. The minimum Gasteiger partial charge on any atom is -0.466 e. The fraction of sp³-hybridized carbons (Fsp3) is 0.211. The van der Waals surface area contributed by atoms with E-state index in [1.807, 2.05) is 31.2 Å². The lowest BCUT2D eigenvalue weighted by molar-refractivity contribution is -0.142. The normalized spacial score (nSPS) is 11.2. The van der Waals surface area contributed by atoms with Crippen molar-refractivity contribution in [3.05, 3.63) is 45.4 Å². The van der Waals surface area contributed by atoms with Crippen molar-refractivity contribution < 1.29 is 13.9 Å². The first kappa shape index (κ1) is 18.2. The number of rotatable bonds is 5. The van der Waals surface area contributed by atoms with Gasteiger partial charge in [0.05, 0.1) is 43.2 Å². The molecule has 138 valence electrons. The van der Waals surface area contributed by atoms with Gasteiger partial charge in [-0.2, -0.15) is 0 Å². The molecule has 0 radical (unpaired) electrons. The molecule has 0 saturated carbocycles. The van der Waals surface area contributed by atoms with Gasteiger partial charge >= 0.3 is 5.97 Å². The molecule has 27 heavy (non-hydrogen) atoms. The summed E-state index contributed by atoms with van der Waals surface area (Å²) in [5.74, 6) is 0.651. The summed E-state index contributed by atoms with van der Waals surface area (Å²) in [5, 5.41) is 1.01. The van der Waals surface area contributed by atoms with Crippen LogP contribution >= 0.6 is 34.3 Å². The van der Waals surface area contributed by atoms with Crippen molar-refractivity contribution in [3.63, 3.8) is 0 Å². The first-order valence-electron chi connectivity index (χ1n) is 8.32. The molecule has 1 aromatic carbocycles. The zero-order chi connectivity index (χ0) is 19.0. The molecule has 0 saturated heterocycles. The average molecular weight is 419 g/mol. The Hall–Kier alpha value is -2.22. The van der Waals surface area contributed by atoms with Crippen molar-refractivity contribution in [2.75, 3.05) is 6.61 Å². The van der Waals surface area contributed by atoms with Crippen LogP contribution in [0.15, 0.2) is 34.7 Å². The molecule has 4 aromatic rings. The third-order valence-corrected chi connectivity index (χ3v) is 6.03. The number of thiophene rings is 1. The summed E-state index contributed by atoms with van der Waals surface area (Å²) in [5.41, 5.74) is 2.25. The third kappa shape index (κ3) is 3.76. The van der Waals surface area contributed by atoms with Crippen LogP contribution in [-0.4, -0.2) is 22.5 Å². The average Bonchev–Trinajstić information content (AvgIpc) is 3.31. The van der Waals surface area contributed by atoms with Crippen molar-refractivity contribution in [3.8, 4) is 22.1 Å². The second-order valence-corrected chi connectivity index (χ2v) is 8.75. The van der Waals surface area contributed by atoms with Gasteiger partial charge in [0.25, 0.3) is 0 Å². The van der Waals surface area contributed by atoms with E-state index in [-0.39, 0.29) is 12.4 Å². The van der Waals surface area contributed by atoms with Crippen LogP contribution in [0, 0.1) is 6.92 Å². The van der Waals surface area contributed by atoms with Gasteiger partial charge in [-0.1, -0.05) is 11.6 Å². The van der Waals surface area contributed by atoms with Gasteiger partial charge in [-0.3, -0.25) is 4.79 Å². The number of nitrogens with zero attached hydrogens (tertiary/aromatic N) is 2. The van der Waals surface area contributed by atoms with E-state index >= 15 is 0 Å². The minimum absolute atomic E-state index is 0.0419. The topological polar surface area (TPSA) is 65.2 Å². The Morgan fingerprint density at radius 1 is 1.22 bits per heavy atom. The van der Waals surface area contributed by atoms with Crippen LogP contribution in [-0.2, 0) is 16.0 Å². The number of carbonyl (C=O) groups excluding carboxylic acids is 1. The number of hydrogen-bond acceptors (Lipinski definition) is 7. The van der Waals surface area contributed by atoms with Gasteiger partial charge in [-0.25, -0.2) is 9.97 Å². The van der Waals surface area contributed by atoms with Crippen LogP contribution < -0.4 is 0 Å². The Morgan fingerprint density at radius 2 is 2.07 bits per heavy atom. The van der Waals surface area contributed by atoms with E-state index in [0.29, 0.717) is 28.3 Å². The molecule has 0 aliphatic rings. The highest BCUT2D eigenvalue weighted by molar-refractivity contribution is 7.19. The molecule has 5 nitrogen and oxygen atoms in total. The number of carbonyl (C=O) groups is 1. The SMILES string of the molecule is CCOC(=O)Cc1nc(-c2ccc3sc(C)nc3c2)oc1-c1ccc(Cl)s1. The van der Waals surface area contributed by atoms with Crippen LogP contribution in [0.2, 0.25) is 4.34 Å². The number of halogens is 1. The number of esters is 1. The van der Waals surface area contributed by atoms with Crippen molar-refractivity contribution in [1.82, 2.24) is 9.97 Å². The van der Waals surface area contributed by atoms with Crippen LogP contribution in [0.5, 0.6) is 0 Å². The fourth-order valence-corrected chi connectivity index (χ4v) is 4.60. The quantitative estimate of drug-likeness (QED) is 0.386. The Bertz CT molecular complexity index is 1130. The first-order valence-corrected chi connectivity index (χ1v) is 10.3. The first-order chi connectivity index (χ1) is 13.0. The maximum atomic E-state index is 12.0. The molecule has 4 rings (SSSR count). The second-order valence-electron chi connectivity index (χ2n) is 5.80. The van der Waals surface area contributed by atoms with Crippen LogP contribution in [0.4, 0.5) is 0 Å². The van der Waals surface area contributed by atoms with E-state index in [4.69, 9.17) is 20.8 Å². The Balaban J connectivity index is 1.77. The van der Waals surface area contributed by atoms with E-state index in [9.17, 15) is 4.79 Å². The molecule has 0 fully saturated rings. The molecule has 0 bridgehead atoms. The molecular weight excluding hydrogens is 404 g/mol. The number of thiazole rings is 1. The predicted molar refractivity (Wildman–Crippen MR) is 109 cm³/mol.